The smallest absolute Gasteiger partial charge is 0.416 e. The number of amides is 1. The van der Waals surface area contributed by atoms with Crippen molar-refractivity contribution in [1.82, 2.24) is 4.90 Å². The Morgan fingerprint density at radius 2 is 1.76 bits per heavy atom. The molecular weight excluding hydrogens is 435 g/mol. The number of nitrogens with one attached hydrogen (secondary N) is 1. The van der Waals surface area contributed by atoms with Crippen LogP contribution in [-0.2, 0) is 20.5 Å². The minimum absolute atomic E-state index is 0.197. The second kappa shape index (κ2) is 11.0. The fraction of sp³-hybridized carbons (Fsp3) is 0.333. The first-order chi connectivity index (χ1) is 15.7. The van der Waals surface area contributed by atoms with Crippen LogP contribution in [0.4, 0.5) is 24.5 Å². The zero-order valence-corrected chi connectivity index (χ0v) is 18.3. The van der Waals surface area contributed by atoms with Crippen LogP contribution in [-0.4, -0.2) is 56.1 Å². The number of anilines is 2. The van der Waals surface area contributed by atoms with Crippen molar-refractivity contribution in [3.63, 3.8) is 0 Å². The first-order valence-corrected chi connectivity index (χ1v) is 10.6. The van der Waals surface area contributed by atoms with Crippen LogP contribution < -0.4 is 10.2 Å². The highest BCUT2D eigenvalue weighted by atomic mass is 19.4. The number of likely N-dealkylation sites (N-methyl/N-ethyl adjacent to an activating group) is 1. The second-order valence-corrected chi connectivity index (χ2v) is 7.58. The lowest BCUT2D eigenvalue weighted by molar-refractivity contribution is -0.142. The molecule has 2 aromatic carbocycles. The molecule has 0 spiro atoms. The summed E-state index contributed by atoms with van der Waals surface area (Å²) in [6.45, 7) is 6.62. The van der Waals surface area contributed by atoms with Gasteiger partial charge in [-0.25, -0.2) is 4.79 Å². The van der Waals surface area contributed by atoms with Crippen LogP contribution in [0.2, 0.25) is 0 Å². The maximum atomic E-state index is 12.7. The van der Waals surface area contributed by atoms with E-state index in [1.54, 1.807) is 12.1 Å². The van der Waals surface area contributed by atoms with Crippen LogP contribution in [0.1, 0.15) is 18.1 Å². The van der Waals surface area contributed by atoms with E-state index in [-0.39, 0.29) is 5.56 Å². The summed E-state index contributed by atoms with van der Waals surface area (Å²) in [7, 11) is 0. The van der Waals surface area contributed by atoms with Crippen LogP contribution in [0.5, 0.6) is 0 Å². The van der Waals surface area contributed by atoms with Gasteiger partial charge in [0.2, 0.25) is 0 Å². The number of alkyl halides is 3. The summed E-state index contributed by atoms with van der Waals surface area (Å²) < 4.78 is 43.1. The third-order valence-corrected chi connectivity index (χ3v) is 5.31. The molecule has 1 fully saturated rings. The summed E-state index contributed by atoms with van der Waals surface area (Å²) in [5.74, 6) is -1.34. The Labute approximate surface area is 190 Å². The molecular formula is C24H26F3N3O3. The Balaban J connectivity index is 1.44. The number of rotatable bonds is 7. The molecule has 176 valence electrons. The number of hydrogen-bond donors (Lipinski definition) is 1. The third-order valence-electron chi connectivity index (χ3n) is 5.31. The molecule has 2 aromatic rings. The van der Waals surface area contributed by atoms with E-state index in [0.717, 1.165) is 56.6 Å². The van der Waals surface area contributed by atoms with Gasteiger partial charge in [-0.2, -0.15) is 13.2 Å². The van der Waals surface area contributed by atoms with Crippen molar-refractivity contribution in [2.75, 3.05) is 49.5 Å². The standard InChI is InChI=1S/C24H26F3N3O3/c1-2-29-12-14-30(15-13-29)21-9-7-20(8-10-21)28-22(31)17-33-23(32)11-6-18-4-3-5-19(16-18)24(25,26)27/h3-11,16H,2,12-15,17H2,1H3,(H,28,31)/b11-6+. The SMILES string of the molecule is CCN1CCN(c2ccc(NC(=O)COC(=O)/C=C/c3cccc(C(F)(F)F)c3)cc2)CC1. The summed E-state index contributed by atoms with van der Waals surface area (Å²) in [6.07, 6.45) is -2.28. The minimum atomic E-state index is -4.47. The topological polar surface area (TPSA) is 61.9 Å². The highest BCUT2D eigenvalue weighted by Crippen LogP contribution is 2.29. The van der Waals surface area contributed by atoms with E-state index in [1.165, 1.54) is 18.2 Å². The van der Waals surface area contributed by atoms with E-state index in [2.05, 4.69) is 22.0 Å². The van der Waals surface area contributed by atoms with Gasteiger partial charge in [-0.15, -0.1) is 0 Å². The molecule has 1 amide bonds. The monoisotopic (exact) mass is 461 g/mol. The Bertz CT molecular complexity index is 982. The molecule has 3 rings (SSSR count). The van der Waals surface area contributed by atoms with Gasteiger partial charge in [0.25, 0.3) is 5.91 Å². The van der Waals surface area contributed by atoms with Crippen molar-refractivity contribution in [3.05, 3.63) is 65.7 Å². The first-order valence-electron chi connectivity index (χ1n) is 10.6. The third kappa shape index (κ3) is 7.35. The summed E-state index contributed by atoms with van der Waals surface area (Å²) in [6, 6.07) is 12.0. The lowest BCUT2D eigenvalue weighted by Crippen LogP contribution is -2.46. The van der Waals surface area contributed by atoms with E-state index in [4.69, 9.17) is 4.74 Å². The molecule has 0 aliphatic carbocycles. The fourth-order valence-electron chi connectivity index (χ4n) is 3.44. The molecule has 1 N–H and O–H groups in total. The van der Waals surface area contributed by atoms with Gasteiger partial charge < -0.3 is 19.9 Å². The molecule has 0 radical (unpaired) electrons. The number of halogens is 3. The number of ether oxygens (including phenoxy) is 1. The van der Waals surface area contributed by atoms with Gasteiger partial charge in [0.1, 0.15) is 0 Å². The first kappa shape index (κ1) is 24.3. The summed E-state index contributed by atoms with van der Waals surface area (Å²) in [4.78, 5) is 28.5. The van der Waals surface area contributed by atoms with Crippen molar-refractivity contribution in [2.24, 2.45) is 0 Å². The van der Waals surface area contributed by atoms with E-state index >= 15 is 0 Å². The average molecular weight is 461 g/mol. The number of esters is 1. The molecule has 6 nitrogen and oxygen atoms in total. The number of carbonyl (C=O) groups excluding carboxylic acids is 2. The van der Waals surface area contributed by atoms with Crippen LogP contribution in [0, 0.1) is 0 Å². The van der Waals surface area contributed by atoms with E-state index in [9.17, 15) is 22.8 Å². The van der Waals surface area contributed by atoms with Crippen molar-refractivity contribution < 1.29 is 27.5 Å². The van der Waals surface area contributed by atoms with Gasteiger partial charge in [0, 0.05) is 43.6 Å². The van der Waals surface area contributed by atoms with Crippen LogP contribution >= 0.6 is 0 Å². The van der Waals surface area contributed by atoms with Crippen molar-refractivity contribution >= 4 is 29.3 Å². The number of nitrogens with zero attached hydrogens (tertiary/aromatic N) is 2. The Morgan fingerprint density at radius 3 is 2.39 bits per heavy atom. The maximum absolute atomic E-state index is 12.7. The summed E-state index contributed by atoms with van der Waals surface area (Å²) in [5.41, 5.74) is 1.04. The van der Waals surface area contributed by atoms with Crippen molar-refractivity contribution in [3.8, 4) is 0 Å². The molecule has 9 heteroatoms. The molecule has 0 bridgehead atoms. The quantitative estimate of drug-likeness (QED) is 0.498. The Kier molecular flexibility index (Phi) is 8.11. The van der Waals surface area contributed by atoms with Crippen LogP contribution in [0.25, 0.3) is 6.08 Å². The summed E-state index contributed by atoms with van der Waals surface area (Å²) >= 11 is 0. The average Bonchev–Trinajstić information content (AvgIpc) is 2.81. The maximum Gasteiger partial charge on any atom is 0.416 e. The minimum Gasteiger partial charge on any atom is -0.452 e. The predicted molar refractivity (Wildman–Crippen MR) is 121 cm³/mol. The lowest BCUT2D eigenvalue weighted by atomic mass is 10.1. The molecule has 0 aromatic heterocycles. The van der Waals surface area contributed by atoms with Gasteiger partial charge in [0.05, 0.1) is 5.56 Å². The van der Waals surface area contributed by atoms with E-state index < -0.39 is 30.2 Å². The van der Waals surface area contributed by atoms with Gasteiger partial charge in [-0.1, -0.05) is 19.1 Å². The lowest BCUT2D eigenvalue weighted by Gasteiger charge is -2.35. The zero-order chi connectivity index (χ0) is 23.8. The number of benzene rings is 2. The molecule has 33 heavy (non-hydrogen) atoms. The van der Waals surface area contributed by atoms with Gasteiger partial charge in [-0.05, 0) is 54.6 Å². The summed E-state index contributed by atoms with van der Waals surface area (Å²) in [5, 5.41) is 2.65. The zero-order valence-electron chi connectivity index (χ0n) is 18.3. The molecule has 0 saturated carbocycles. The molecule has 1 saturated heterocycles. The van der Waals surface area contributed by atoms with E-state index in [1.807, 2.05) is 12.1 Å². The van der Waals surface area contributed by atoms with Crippen LogP contribution in [0.3, 0.4) is 0 Å². The molecule has 1 aliphatic rings. The van der Waals surface area contributed by atoms with Crippen molar-refractivity contribution in [2.45, 2.75) is 13.1 Å². The molecule has 0 unspecified atom stereocenters. The normalized spacial score (nSPS) is 15.0. The number of hydrogen-bond acceptors (Lipinski definition) is 5. The highest BCUT2D eigenvalue weighted by Gasteiger charge is 2.30. The van der Waals surface area contributed by atoms with Crippen molar-refractivity contribution in [1.29, 1.82) is 0 Å². The van der Waals surface area contributed by atoms with Crippen LogP contribution in [0.15, 0.2) is 54.6 Å². The van der Waals surface area contributed by atoms with Gasteiger partial charge >= 0.3 is 12.1 Å². The molecule has 1 heterocycles. The predicted octanol–water partition coefficient (Wildman–Crippen LogP) is 4.04. The number of carbonyl (C=O) groups is 2. The van der Waals surface area contributed by atoms with E-state index in [0.29, 0.717) is 5.69 Å². The highest BCUT2D eigenvalue weighted by molar-refractivity contribution is 5.94. The molecule has 0 atom stereocenters. The fourth-order valence-corrected chi connectivity index (χ4v) is 3.44. The van der Waals surface area contributed by atoms with Gasteiger partial charge in [0.15, 0.2) is 6.61 Å². The Hall–Kier alpha value is -3.33. The number of piperazine rings is 1. The second-order valence-electron chi connectivity index (χ2n) is 7.58. The molecule has 1 aliphatic heterocycles. The largest absolute Gasteiger partial charge is 0.452 e. The Morgan fingerprint density at radius 1 is 1.06 bits per heavy atom. The van der Waals surface area contributed by atoms with Gasteiger partial charge in [-0.3, -0.25) is 4.79 Å².